The quantitative estimate of drug-likeness (QED) is 0.805. The van der Waals surface area contributed by atoms with Crippen molar-refractivity contribution in [2.75, 3.05) is 31.1 Å². The first-order valence-corrected chi connectivity index (χ1v) is 8.55. The van der Waals surface area contributed by atoms with Gasteiger partial charge in [0.1, 0.15) is 12.1 Å². The second-order valence-electron chi connectivity index (χ2n) is 6.79. The van der Waals surface area contributed by atoms with Crippen molar-refractivity contribution >= 4 is 47.6 Å². The van der Waals surface area contributed by atoms with Crippen molar-refractivity contribution in [2.45, 2.75) is 25.3 Å². The second kappa shape index (κ2) is 8.37. The lowest BCUT2D eigenvalue weighted by Gasteiger charge is -2.36. The number of hydrogen-bond donors (Lipinski definition) is 1. The fourth-order valence-corrected chi connectivity index (χ4v) is 3.84. The van der Waals surface area contributed by atoms with Crippen LogP contribution in [0, 0.1) is 5.92 Å². The van der Waals surface area contributed by atoms with E-state index in [1.807, 2.05) is 18.1 Å². The van der Waals surface area contributed by atoms with E-state index in [0.717, 1.165) is 62.3 Å². The lowest BCUT2D eigenvalue weighted by Crippen LogP contribution is -2.50. The molecule has 0 spiro atoms. The minimum atomic E-state index is 0. The van der Waals surface area contributed by atoms with Crippen molar-refractivity contribution in [3.63, 3.8) is 0 Å². The van der Waals surface area contributed by atoms with Gasteiger partial charge < -0.3 is 15.5 Å². The smallest absolute Gasteiger partial charge is 0.225 e. The Balaban J connectivity index is 0.00000121. The second-order valence-corrected chi connectivity index (χ2v) is 6.79. The van der Waals surface area contributed by atoms with Crippen molar-refractivity contribution in [3.05, 3.63) is 12.5 Å². The molecule has 2 atom stereocenters. The Labute approximate surface area is 164 Å². The fourth-order valence-electron chi connectivity index (χ4n) is 3.84. The highest BCUT2D eigenvalue weighted by molar-refractivity contribution is 5.87. The van der Waals surface area contributed by atoms with E-state index in [1.54, 1.807) is 11.0 Å². The monoisotopic (exact) mass is 401 g/mol. The Kier molecular flexibility index (Phi) is 6.65. The summed E-state index contributed by atoms with van der Waals surface area (Å²) in [6.07, 6.45) is 6.12. The summed E-state index contributed by atoms with van der Waals surface area (Å²) in [6.45, 7) is 3.03. The zero-order valence-corrected chi connectivity index (χ0v) is 16.4. The molecule has 2 aromatic rings. The third-order valence-electron chi connectivity index (χ3n) is 5.22. The summed E-state index contributed by atoms with van der Waals surface area (Å²) >= 11 is 0. The number of halogens is 2. The highest BCUT2D eigenvalue weighted by atomic mass is 35.5. The maximum absolute atomic E-state index is 12.6. The predicted octanol–water partition coefficient (Wildman–Crippen LogP) is 0.983. The van der Waals surface area contributed by atoms with E-state index in [9.17, 15) is 4.79 Å². The maximum Gasteiger partial charge on any atom is 0.225 e. The molecule has 1 aliphatic heterocycles. The van der Waals surface area contributed by atoms with E-state index in [-0.39, 0.29) is 42.7 Å². The molecule has 26 heavy (non-hydrogen) atoms. The highest BCUT2D eigenvalue weighted by Gasteiger charge is 2.32. The predicted molar refractivity (Wildman–Crippen MR) is 105 cm³/mol. The van der Waals surface area contributed by atoms with Crippen molar-refractivity contribution in [1.29, 1.82) is 0 Å². The van der Waals surface area contributed by atoms with Gasteiger partial charge in [0.25, 0.3) is 0 Å². The van der Waals surface area contributed by atoms with Crippen LogP contribution in [-0.2, 0) is 11.8 Å². The Bertz CT molecular complexity index is 760. The molecule has 3 heterocycles. The molecule has 0 radical (unpaired) electrons. The first-order valence-electron chi connectivity index (χ1n) is 8.55. The number of rotatable bonds is 2. The van der Waals surface area contributed by atoms with Crippen molar-refractivity contribution in [1.82, 2.24) is 24.6 Å². The van der Waals surface area contributed by atoms with Crippen molar-refractivity contribution in [2.24, 2.45) is 18.7 Å². The summed E-state index contributed by atoms with van der Waals surface area (Å²) in [6, 6.07) is 0.195. The summed E-state index contributed by atoms with van der Waals surface area (Å²) in [7, 11) is 1.88. The van der Waals surface area contributed by atoms with E-state index in [4.69, 9.17) is 5.73 Å². The molecule has 4 rings (SSSR count). The number of anilines is 1. The van der Waals surface area contributed by atoms with E-state index in [1.165, 1.54) is 0 Å². The number of carbonyl (C=O) groups excluding carboxylic acids is 1. The van der Waals surface area contributed by atoms with Crippen LogP contribution in [0.5, 0.6) is 0 Å². The normalized spacial score (nSPS) is 22.8. The first-order chi connectivity index (χ1) is 11.6. The van der Waals surface area contributed by atoms with Gasteiger partial charge in [-0.1, -0.05) is 0 Å². The molecule has 2 fully saturated rings. The molecule has 1 aliphatic carbocycles. The molecule has 2 unspecified atom stereocenters. The van der Waals surface area contributed by atoms with E-state index >= 15 is 0 Å². The molecule has 0 bridgehead atoms. The molecule has 2 aromatic heterocycles. The number of piperazine rings is 1. The SMILES string of the molecule is Cl.Cl.Cn1ncc2c(N3CCN(C(=O)C4CCC(N)C4)CC3)ncnc21. The first kappa shape index (κ1) is 20.7. The van der Waals surface area contributed by atoms with Gasteiger partial charge in [0, 0.05) is 45.2 Å². The lowest BCUT2D eigenvalue weighted by atomic mass is 10.1. The zero-order valence-electron chi connectivity index (χ0n) is 14.7. The number of aromatic nitrogens is 4. The van der Waals surface area contributed by atoms with E-state index in [0.29, 0.717) is 0 Å². The largest absolute Gasteiger partial charge is 0.352 e. The van der Waals surface area contributed by atoms with Gasteiger partial charge in [0.2, 0.25) is 5.91 Å². The van der Waals surface area contributed by atoms with Gasteiger partial charge in [-0.2, -0.15) is 5.10 Å². The third kappa shape index (κ3) is 3.72. The lowest BCUT2D eigenvalue weighted by molar-refractivity contribution is -0.135. The molecule has 1 saturated heterocycles. The molecular weight excluding hydrogens is 377 g/mol. The summed E-state index contributed by atoms with van der Waals surface area (Å²) in [5.41, 5.74) is 6.78. The minimum absolute atomic E-state index is 0. The Morgan fingerprint density at radius 2 is 1.88 bits per heavy atom. The summed E-state index contributed by atoms with van der Waals surface area (Å²) in [5.74, 6) is 1.30. The van der Waals surface area contributed by atoms with Crippen LogP contribution in [0.2, 0.25) is 0 Å². The van der Waals surface area contributed by atoms with Crippen LogP contribution in [0.3, 0.4) is 0 Å². The highest BCUT2D eigenvalue weighted by Crippen LogP contribution is 2.27. The number of carbonyl (C=O) groups is 1. The van der Waals surface area contributed by atoms with Gasteiger partial charge in [-0.3, -0.25) is 9.48 Å². The molecule has 2 aliphatic rings. The molecule has 0 aromatic carbocycles. The third-order valence-corrected chi connectivity index (χ3v) is 5.22. The number of amides is 1. The van der Waals surface area contributed by atoms with Gasteiger partial charge in [-0.05, 0) is 19.3 Å². The topological polar surface area (TPSA) is 93.2 Å². The number of nitrogens with two attached hydrogens (primary N) is 1. The molecule has 2 N–H and O–H groups in total. The van der Waals surface area contributed by atoms with Crippen LogP contribution in [0.4, 0.5) is 5.82 Å². The van der Waals surface area contributed by atoms with Gasteiger partial charge >= 0.3 is 0 Å². The Hall–Kier alpha value is -1.64. The number of aryl methyl sites for hydroxylation is 1. The molecule has 1 amide bonds. The van der Waals surface area contributed by atoms with Crippen molar-refractivity contribution in [3.8, 4) is 0 Å². The van der Waals surface area contributed by atoms with Crippen LogP contribution in [0.25, 0.3) is 11.0 Å². The van der Waals surface area contributed by atoms with Crippen LogP contribution in [0.1, 0.15) is 19.3 Å². The molecule has 144 valence electrons. The Morgan fingerprint density at radius 3 is 2.54 bits per heavy atom. The summed E-state index contributed by atoms with van der Waals surface area (Å²) in [4.78, 5) is 25.6. The van der Waals surface area contributed by atoms with Gasteiger partial charge in [-0.25, -0.2) is 9.97 Å². The molecule has 1 saturated carbocycles. The average molecular weight is 402 g/mol. The van der Waals surface area contributed by atoms with E-state index in [2.05, 4.69) is 20.0 Å². The summed E-state index contributed by atoms with van der Waals surface area (Å²) in [5, 5.41) is 5.22. The van der Waals surface area contributed by atoms with Gasteiger partial charge in [-0.15, -0.1) is 24.8 Å². The van der Waals surface area contributed by atoms with Gasteiger partial charge in [0.05, 0.1) is 11.6 Å². The molecule has 10 heteroatoms. The zero-order chi connectivity index (χ0) is 16.7. The van der Waals surface area contributed by atoms with Crippen LogP contribution >= 0.6 is 24.8 Å². The maximum atomic E-state index is 12.6. The number of fused-ring (bicyclic) bond motifs is 1. The average Bonchev–Trinajstić information content (AvgIpc) is 3.21. The summed E-state index contributed by atoms with van der Waals surface area (Å²) < 4.78 is 1.75. The van der Waals surface area contributed by atoms with Crippen molar-refractivity contribution < 1.29 is 4.79 Å². The fraction of sp³-hybridized carbons (Fsp3) is 0.625. The van der Waals surface area contributed by atoms with Gasteiger partial charge in [0.15, 0.2) is 5.65 Å². The van der Waals surface area contributed by atoms with Crippen LogP contribution in [-0.4, -0.2) is 62.8 Å². The molecule has 8 nitrogen and oxygen atoms in total. The van der Waals surface area contributed by atoms with Crippen LogP contribution in [0.15, 0.2) is 12.5 Å². The standard InChI is InChI=1S/C16H23N7O.2ClH/c1-21-14-13(9-20-21)15(19-10-18-14)22-4-6-23(7-5-22)16(24)11-2-3-12(17)8-11;;/h9-12H,2-8,17H2,1H3;2*1H. The minimum Gasteiger partial charge on any atom is -0.352 e. The Morgan fingerprint density at radius 1 is 1.15 bits per heavy atom. The number of hydrogen-bond acceptors (Lipinski definition) is 6. The number of nitrogens with zero attached hydrogens (tertiary/aromatic N) is 6. The van der Waals surface area contributed by atoms with E-state index < -0.39 is 0 Å². The molecular formula is C16H25Cl2N7O. The van der Waals surface area contributed by atoms with Crippen LogP contribution < -0.4 is 10.6 Å².